The highest BCUT2D eigenvalue weighted by Gasteiger charge is 2.73. The third kappa shape index (κ3) is 2.89. The van der Waals surface area contributed by atoms with Crippen molar-refractivity contribution in [2.45, 2.75) is 80.6 Å². The molecule has 6 atom stereocenters. The van der Waals surface area contributed by atoms with Crippen LogP contribution in [-0.2, 0) is 16.6 Å². The van der Waals surface area contributed by atoms with Crippen molar-refractivity contribution in [3.05, 3.63) is 59.2 Å². The van der Waals surface area contributed by atoms with Gasteiger partial charge in [-0.2, -0.15) is 0 Å². The normalized spacial score (nSPS) is 35.0. The second kappa shape index (κ2) is 7.72. The van der Waals surface area contributed by atoms with E-state index in [1.54, 1.807) is 6.07 Å². The zero-order valence-corrected chi connectivity index (χ0v) is 21.2. The van der Waals surface area contributed by atoms with E-state index in [0.717, 1.165) is 43.0 Å². The molecule has 2 aromatic carbocycles. The number of likely N-dealkylation sites (N-methyl/N-ethyl adjacent to an activating group) is 1. The van der Waals surface area contributed by atoms with Crippen LogP contribution in [0.15, 0.2) is 42.5 Å². The van der Waals surface area contributed by atoms with Gasteiger partial charge in [0, 0.05) is 25.2 Å². The molecular formula is C30H36N2O4. The number of phenols is 1. The standard InChI is InChI=1S/C30H36N2O4/c1-18(20-6-4-3-5-7-20)28(34)31(2)22-12-13-30(35)24-16-21-10-11-23(33)26-25(21)29(30,27(22)36-26)14-15-32(24)17-19-8-9-19/h3-7,10-11,18-19,22,24,27,33,35H,8-9,12-17H2,1-2H3/t18-,22+,24+,27+,29+,30-/m1/s1. The Morgan fingerprint density at radius 1 is 1.17 bits per heavy atom. The topological polar surface area (TPSA) is 73.2 Å². The van der Waals surface area contributed by atoms with Crippen molar-refractivity contribution in [2.24, 2.45) is 5.92 Å². The van der Waals surface area contributed by atoms with Crippen molar-refractivity contribution in [2.75, 3.05) is 20.1 Å². The monoisotopic (exact) mass is 488 g/mol. The predicted octanol–water partition coefficient (Wildman–Crippen LogP) is 3.59. The van der Waals surface area contributed by atoms with Gasteiger partial charge in [0.05, 0.1) is 23.0 Å². The van der Waals surface area contributed by atoms with Gasteiger partial charge in [-0.3, -0.25) is 9.69 Å². The van der Waals surface area contributed by atoms with E-state index in [2.05, 4.69) is 4.90 Å². The van der Waals surface area contributed by atoms with Crippen molar-refractivity contribution in [1.29, 1.82) is 0 Å². The zero-order chi connectivity index (χ0) is 24.8. The molecule has 0 radical (unpaired) electrons. The summed E-state index contributed by atoms with van der Waals surface area (Å²) in [5.74, 6) is 1.24. The molecule has 2 N–H and O–H groups in total. The lowest BCUT2D eigenvalue weighted by molar-refractivity contribution is -0.200. The van der Waals surface area contributed by atoms with Gasteiger partial charge in [0.1, 0.15) is 6.10 Å². The molecule has 5 aliphatic rings. The summed E-state index contributed by atoms with van der Waals surface area (Å²) >= 11 is 0. The summed E-state index contributed by atoms with van der Waals surface area (Å²) < 4.78 is 6.65. The smallest absolute Gasteiger partial charge is 0.229 e. The number of phenolic OH excluding ortho intramolecular Hbond substituents is 1. The van der Waals surface area contributed by atoms with Gasteiger partial charge in [-0.15, -0.1) is 0 Å². The number of aromatic hydroxyl groups is 1. The van der Waals surface area contributed by atoms with E-state index in [1.165, 1.54) is 18.4 Å². The van der Waals surface area contributed by atoms with E-state index in [9.17, 15) is 15.0 Å². The van der Waals surface area contributed by atoms with Crippen LogP contribution in [0.2, 0.25) is 0 Å². The van der Waals surface area contributed by atoms with Gasteiger partial charge in [0.2, 0.25) is 5.91 Å². The highest BCUT2D eigenvalue weighted by molar-refractivity contribution is 5.83. The Bertz CT molecular complexity index is 1210. The molecule has 6 nitrogen and oxygen atoms in total. The van der Waals surface area contributed by atoms with Crippen molar-refractivity contribution in [3.8, 4) is 11.5 Å². The molecule has 2 saturated carbocycles. The third-order valence-electron chi connectivity index (χ3n) is 10.2. The van der Waals surface area contributed by atoms with Crippen LogP contribution in [-0.4, -0.2) is 69.8 Å². The molecular weight excluding hydrogens is 452 g/mol. The fraction of sp³-hybridized carbons (Fsp3) is 0.567. The molecule has 1 saturated heterocycles. The number of hydrogen-bond acceptors (Lipinski definition) is 5. The van der Waals surface area contributed by atoms with E-state index >= 15 is 0 Å². The number of benzene rings is 2. The number of likely N-dealkylation sites (tertiary alicyclic amines) is 1. The van der Waals surface area contributed by atoms with Crippen LogP contribution in [0, 0.1) is 5.92 Å². The number of aliphatic hydroxyl groups is 1. The average molecular weight is 489 g/mol. The van der Waals surface area contributed by atoms with E-state index in [1.807, 2.05) is 55.3 Å². The number of carbonyl (C=O) groups is 1. The molecule has 3 aliphatic carbocycles. The summed E-state index contributed by atoms with van der Waals surface area (Å²) in [6.45, 7) is 3.95. The lowest BCUT2D eigenvalue weighted by atomic mass is 9.48. The predicted molar refractivity (Wildman–Crippen MR) is 136 cm³/mol. The Kier molecular flexibility index (Phi) is 4.85. The third-order valence-corrected chi connectivity index (χ3v) is 10.2. The van der Waals surface area contributed by atoms with Crippen LogP contribution in [0.1, 0.15) is 61.6 Å². The molecule has 1 spiro atoms. The molecule has 36 heavy (non-hydrogen) atoms. The Hall–Kier alpha value is -2.57. The molecule has 7 rings (SSSR count). The van der Waals surface area contributed by atoms with Gasteiger partial charge in [-0.05, 0) is 75.1 Å². The second-order valence-electron chi connectivity index (χ2n) is 12.0. The Morgan fingerprint density at radius 2 is 1.94 bits per heavy atom. The lowest BCUT2D eigenvalue weighted by Crippen LogP contribution is -2.78. The number of piperidine rings is 1. The first-order chi connectivity index (χ1) is 17.3. The van der Waals surface area contributed by atoms with Gasteiger partial charge in [0.15, 0.2) is 11.5 Å². The number of carbonyl (C=O) groups excluding carboxylic acids is 1. The van der Waals surface area contributed by atoms with Crippen LogP contribution in [0.4, 0.5) is 0 Å². The largest absolute Gasteiger partial charge is 0.504 e. The van der Waals surface area contributed by atoms with Gasteiger partial charge < -0.3 is 19.8 Å². The minimum absolute atomic E-state index is 0.0474. The van der Waals surface area contributed by atoms with E-state index < -0.39 is 11.0 Å². The molecule has 3 fully saturated rings. The van der Waals surface area contributed by atoms with Crippen molar-refractivity contribution in [1.82, 2.24) is 9.80 Å². The summed E-state index contributed by atoms with van der Waals surface area (Å²) in [4.78, 5) is 18.1. The fourth-order valence-corrected chi connectivity index (χ4v) is 8.21. The Balaban J connectivity index is 1.29. The van der Waals surface area contributed by atoms with Gasteiger partial charge in [-0.1, -0.05) is 36.4 Å². The van der Waals surface area contributed by atoms with Crippen LogP contribution < -0.4 is 4.74 Å². The van der Waals surface area contributed by atoms with Gasteiger partial charge >= 0.3 is 0 Å². The second-order valence-corrected chi connectivity index (χ2v) is 12.0. The summed E-state index contributed by atoms with van der Waals surface area (Å²) in [5.41, 5.74) is 1.67. The minimum atomic E-state index is -0.928. The number of amides is 1. The molecule has 2 aliphatic heterocycles. The van der Waals surface area contributed by atoms with E-state index in [-0.39, 0.29) is 35.8 Å². The molecule has 0 aromatic heterocycles. The van der Waals surface area contributed by atoms with Crippen LogP contribution >= 0.6 is 0 Å². The molecule has 2 bridgehead atoms. The van der Waals surface area contributed by atoms with Gasteiger partial charge in [0.25, 0.3) is 0 Å². The van der Waals surface area contributed by atoms with Crippen molar-refractivity contribution in [3.63, 3.8) is 0 Å². The minimum Gasteiger partial charge on any atom is -0.504 e. The Morgan fingerprint density at radius 3 is 2.69 bits per heavy atom. The number of hydrogen-bond donors (Lipinski definition) is 2. The zero-order valence-electron chi connectivity index (χ0n) is 21.2. The van der Waals surface area contributed by atoms with Gasteiger partial charge in [-0.25, -0.2) is 0 Å². The fourth-order valence-electron chi connectivity index (χ4n) is 8.21. The first-order valence-corrected chi connectivity index (χ1v) is 13.6. The quantitative estimate of drug-likeness (QED) is 0.673. The summed E-state index contributed by atoms with van der Waals surface area (Å²) in [5, 5.41) is 23.5. The molecule has 190 valence electrons. The molecule has 2 aromatic rings. The Labute approximate surface area is 212 Å². The van der Waals surface area contributed by atoms with E-state index in [4.69, 9.17) is 4.74 Å². The molecule has 2 heterocycles. The van der Waals surface area contributed by atoms with Crippen LogP contribution in [0.25, 0.3) is 0 Å². The first-order valence-electron chi connectivity index (χ1n) is 13.6. The lowest BCUT2D eigenvalue weighted by Gasteiger charge is -2.64. The average Bonchev–Trinajstić information content (AvgIpc) is 3.63. The molecule has 0 unspecified atom stereocenters. The van der Waals surface area contributed by atoms with Crippen molar-refractivity contribution < 1.29 is 19.7 Å². The van der Waals surface area contributed by atoms with Crippen LogP contribution in [0.3, 0.4) is 0 Å². The van der Waals surface area contributed by atoms with Crippen LogP contribution in [0.5, 0.6) is 11.5 Å². The summed E-state index contributed by atoms with van der Waals surface area (Å²) in [6, 6.07) is 13.6. The number of nitrogens with zero attached hydrogens (tertiary/aromatic N) is 2. The molecule has 1 amide bonds. The maximum atomic E-state index is 13.7. The number of ether oxygens (including phenoxy) is 1. The SMILES string of the molecule is C[C@@H](C(=O)N(C)[C@H]1CC[C@@]2(O)[C@@H]3Cc4ccc(O)c5c4[C@@]2(CCN3CC2CC2)[C@H]1O5)c1ccccc1. The summed E-state index contributed by atoms with van der Waals surface area (Å²) in [6.07, 6.45) is 5.10. The molecule has 6 heteroatoms. The number of rotatable bonds is 5. The maximum Gasteiger partial charge on any atom is 0.229 e. The van der Waals surface area contributed by atoms with Crippen molar-refractivity contribution >= 4 is 5.91 Å². The first kappa shape index (κ1) is 22.6. The maximum absolute atomic E-state index is 13.7. The highest BCUT2D eigenvalue weighted by Crippen LogP contribution is 2.66. The highest BCUT2D eigenvalue weighted by atomic mass is 16.5. The van der Waals surface area contributed by atoms with E-state index in [0.29, 0.717) is 18.6 Å². The summed E-state index contributed by atoms with van der Waals surface area (Å²) in [7, 11) is 1.89.